The number of hydrogen-bond acceptors (Lipinski definition) is 6. The summed E-state index contributed by atoms with van der Waals surface area (Å²) in [6, 6.07) is 14.5. The number of aliphatic carboxylic acids is 1. The Morgan fingerprint density at radius 1 is 1.14 bits per heavy atom. The van der Waals surface area contributed by atoms with Crippen LogP contribution in [0.5, 0.6) is 5.75 Å². The van der Waals surface area contributed by atoms with Gasteiger partial charge >= 0.3 is 5.97 Å². The third-order valence-electron chi connectivity index (χ3n) is 4.63. The fourth-order valence-corrected chi connectivity index (χ4v) is 3.01. The largest absolute Gasteiger partial charge is 0.505 e. The Hall–Kier alpha value is -3.52. The lowest BCUT2D eigenvalue weighted by Gasteiger charge is -2.22. The van der Waals surface area contributed by atoms with E-state index in [1.165, 1.54) is 6.20 Å². The van der Waals surface area contributed by atoms with Crippen molar-refractivity contribution >= 4 is 33.9 Å². The normalized spacial score (nSPS) is 13.0. The number of carbonyl (C=O) groups is 2. The van der Waals surface area contributed by atoms with Crippen molar-refractivity contribution in [3.8, 4) is 5.75 Å². The lowest BCUT2D eigenvalue weighted by Crippen LogP contribution is -2.55. The first-order valence-corrected chi connectivity index (χ1v) is 8.93. The van der Waals surface area contributed by atoms with Gasteiger partial charge in [0.2, 0.25) is 5.78 Å². The molecule has 3 rings (SSSR count). The minimum absolute atomic E-state index is 0.197. The first kappa shape index (κ1) is 20.2. The molecule has 0 aliphatic rings. The second kappa shape index (κ2) is 8.24. The molecule has 0 aliphatic carbocycles. The average molecular weight is 397 g/mol. The molecule has 1 atom stereocenters. The summed E-state index contributed by atoms with van der Waals surface area (Å²) in [5.41, 5.74) is 4.55. The standard InChI is InChI=1S/C21H20FN3O4/c22-10-4-9-21(23,20(28)29)19(27)17-18(26)16-8-7-15(11-13(16)12-24-17)25-14-5-2-1-3-6-14/h1-3,5-8,11-12,25-26H,4,9-10,23H2,(H,28,29). The van der Waals surface area contributed by atoms with E-state index in [4.69, 9.17) is 5.73 Å². The van der Waals surface area contributed by atoms with E-state index in [1.807, 2.05) is 30.3 Å². The second-order valence-corrected chi connectivity index (χ2v) is 6.65. The molecule has 0 amide bonds. The SMILES string of the molecule is NC(CCCF)(C(=O)O)C(=O)c1ncc2cc(Nc3ccccc3)ccc2c1O. The predicted octanol–water partition coefficient (Wildman–Crippen LogP) is 3.40. The first-order valence-electron chi connectivity index (χ1n) is 8.93. The maximum Gasteiger partial charge on any atom is 0.331 e. The summed E-state index contributed by atoms with van der Waals surface area (Å²) in [5.74, 6) is -3.13. The summed E-state index contributed by atoms with van der Waals surface area (Å²) in [6.07, 6.45) is 0.754. The van der Waals surface area contributed by atoms with Gasteiger partial charge in [-0.15, -0.1) is 0 Å². The molecule has 0 saturated carbocycles. The number of Topliss-reactive ketones (excluding diaryl/α,β-unsaturated/α-hetero) is 1. The van der Waals surface area contributed by atoms with Crippen LogP contribution in [0.25, 0.3) is 10.8 Å². The van der Waals surface area contributed by atoms with Crippen LogP contribution in [0.2, 0.25) is 0 Å². The summed E-state index contributed by atoms with van der Waals surface area (Å²) in [6.45, 7) is -0.812. The maximum atomic E-state index is 12.7. The molecule has 2 aromatic carbocycles. The predicted molar refractivity (Wildman–Crippen MR) is 107 cm³/mol. The molecule has 150 valence electrons. The summed E-state index contributed by atoms with van der Waals surface area (Å²) < 4.78 is 12.5. The number of carbonyl (C=O) groups excluding carboxylic acids is 1. The van der Waals surface area contributed by atoms with E-state index in [1.54, 1.807) is 18.2 Å². The number of para-hydroxylation sites is 1. The highest BCUT2D eigenvalue weighted by Crippen LogP contribution is 2.32. The quantitative estimate of drug-likeness (QED) is 0.339. The number of carboxylic acids is 1. The molecule has 1 aromatic heterocycles. The molecule has 0 bridgehead atoms. The molecule has 0 radical (unpaired) electrons. The fourth-order valence-electron chi connectivity index (χ4n) is 3.01. The zero-order valence-electron chi connectivity index (χ0n) is 15.4. The van der Waals surface area contributed by atoms with Gasteiger partial charge in [0.15, 0.2) is 17.0 Å². The molecule has 1 unspecified atom stereocenters. The van der Waals surface area contributed by atoms with Crippen LogP contribution in [0.4, 0.5) is 15.8 Å². The highest BCUT2D eigenvalue weighted by molar-refractivity contribution is 6.17. The number of anilines is 2. The van der Waals surface area contributed by atoms with Gasteiger partial charge in [-0.1, -0.05) is 18.2 Å². The number of rotatable bonds is 8. The van der Waals surface area contributed by atoms with Crippen molar-refractivity contribution in [1.29, 1.82) is 0 Å². The highest BCUT2D eigenvalue weighted by atomic mass is 19.1. The van der Waals surface area contributed by atoms with Crippen LogP contribution < -0.4 is 11.1 Å². The van der Waals surface area contributed by atoms with E-state index in [0.717, 1.165) is 11.4 Å². The molecule has 1 heterocycles. The summed E-state index contributed by atoms with van der Waals surface area (Å²) in [4.78, 5) is 28.2. The van der Waals surface area contributed by atoms with Gasteiger partial charge in [0, 0.05) is 28.3 Å². The minimum atomic E-state index is -2.36. The molecule has 7 nitrogen and oxygen atoms in total. The summed E-state index contributed by atoms with van der Waals surface area (Å²) in [5, 5.41) is 24.0. The number of pyridine rings is 1. The smallest absolute Gasteiger partial charge is 0.331 e. The Labute approximate surface area is 166 Å². The van der Waals surface area contributed by atoms with Gasteiger partial charge < -0.3 is 21.3 Å². The van der Waals surface area contributed by atoms with Crippen LogP contribution in [-0.4, -0.2) is 39.2 Å². The number of halogens is 1. The number of carboxylic acid groups (broad SMARTS) is 1. The van der Waals surface area contributed by atoms with Crippen molar-refractivity contribution in [2.24, 2.45) is 5.73 Å². The zero-order chi connectivity index (χ0) is 21.0. The van der Waals surface area contributed by atoms with Crippen molar-refractivity contribution in [2.45, 2.75) is 18.4 Å². The molecule has 8 heteroatoms. The van der Waals surface area contributed by atoms with Crippen molar-refractivity contribution in [3.05, 3.63) is 60.4 Å². The van der Waals surface area contributed by atoms with Gasteiger partial charge in [-0.2, -0.15) is 0 Å². The summed E-state index contributed by atoms with van der Waals surface area (Å²) >= 11 is 0. The monoisotopic (exact) mass is 397 g/mol. The van der Waals surface area contributed by atoms with E-state index >= 15 is 0 Å². The third-order valence-corrected chi connectivity index (χ3v) is 4.63. The number of fused-ring (bicyclic) bond motifs is 1. The summed E-state index contributed by atoms with van der Waals surface area (Å²) in [7, 11) is 0. The van der Waals surface area contributed by atoms with Gasteiger partial charge in [-0.3, -0.25) is 9.18 Å². The van der Waals surface area contributed by atoms with Gasteiger partial charge in [0.25, 0.3) is 0 Å². The van der Waals surface area contributed by atoms with Crippen LogP contribution in [0.3, 0.4) is 0 Å². The number of hydrogen-bond donors (Lipinski definition) is 4. The lowest BCUT2D eigenvalue weighted by atomic mass is 9.87. The molecule has 0 spiro atoms. The number of nitrogens with one attached hydrogen (secondary N) is 1. The molecule has 0 fully saturated rings. The topological polar surface area (TPSA) is 126 Å². The second-order valence-electron chi connectivity index (χ2n) is 6.65. The maximum absolute atomic E-state index is 12.7. The number of aromatic nitrogens is 1. The number of aromatic hydroxyl groups is 1. The number of alkyl halides is 1. The molecule has 29 heavy (non-hydrogen) atoms. The van der Waals surface area contributed by atoms with Crippen LogP contribution in [0.1, 0.15) is 23.3 Å². The van der Waals surface area contributed by atoms with E-state index in [2.05, 4.69) is 10.3 Å². The van der Waals surface area contributed by atoms with E-state index in [9.17, 15) is 24.2 Å². The molecular weight excluding hydrogens is 377 g/mol. The van der Waals surface area contributed by atoms with Gasteiger partial charge in [-0.05, 0) is 43.2 Å². The van der Waals surface area contributed by atoms with Crippen molar-refractivity contribution < 1.29 is 24.2 Å². The number of ketones is 1. The van der Waals surface area contributed by atoms with Crippen LogP contribution in [-0.2, 0) is 4.79 Å². The fraction of sp³-hybridized carbons (Fsp3) is 0.190. The molecule has 0 aliphatic heterocycles. The lowest BCUT2D eigenvalue weighted by molar-refractivity contribution is -0.141. The Morgan fingerprint density at radius 3 is 2.52 bits per heavy atom. The Bertz CT molecular complexity index is 1060. The Kier molecular flexibility index (Phi) is 5.74. The van der Waals surface area contributed by atoms with Crippen LogP contribution in [0, 0.1) is 0 Å². The van der Waals surface area contributed by atoms with E-state index < -0.39 is 41.8 Å². The van der Waals surface area contributed by atoms with E-state index in [-0.39, 0.29) is 6.42 Å². The van der Waals surface area contributed by atoms with Gasteiger partial charge in [-0.25, -0.2) is 9.78 Å². The average Bonchev–Trinajstić information content (AvgIpc) is 2.72. The van der Waals surface area contributed by atoms with E-state index in [0.29, 0.717) is 10.8 Å². The molecule has 5 N–H and O–H groups in total. The van der Waals surface area contributed by atoms with Crippen molar-refractivity contribution in [1.82, 2.24) is 4.98 Å². The molecule has 3 aromatic rings. The number of benzene rings is 2. The third kappa shape index (κ3) is 4.02. The number of nitrogens with zero attached hydrogens (tertiary/aromatic N) is 1. The van der Waals surface area contributed by atoms with Crippen molar-refractivity contribution in [2.75, 3.05) is 12.0 Å². The Balaban J connectivity index is 1.96. The van der Waals surface area contributed by atoms with Crippen molar-refractivity contribution in [3.63, 3.8) is 0 Å². The minimum Gasteiger partial charge on any atom is -0.505 e. The Morgan fingerprint density at radius 2 is 1.86 bits per heavy atom. The van der Waals surface area contributed by atoms with Crippen LogP contribution >= 0.6 is 0 Å². The highest BCUT2D eigenvalue weighted by Gasteiger charge is 2.44. The van der Waals surface area contributed by atoms with Gasteiger partial charge in [0.05, 0.1) is 6.67 Å². The first-order chi connectivity index (χ1) is 13.9. The van der Waals surface area contributed by atoms with Gasteiger partial charge in [0.1, 0.15) is 0 Å². The number of nitrogens with two attached hydrogens (primary N) is 1. The van der Waals surface area contributed by atoms with Crippen LogP contribution in [0.15, 0.2) is 54.7 Å². The molecule has 0 saturated heterocycles. The zero-order valence-corrected chi connectivity index (χ0v) is 15.4. The molecular formula is C21H20FN3O4.